The quantitative estimate of drug-likeness (QED) is 0.773. The number of hydrogen-bond donors (Lipinski definition) is 2. The highest BCUT2D eigenvalue weighted by atomic mass is 16.7. The Bertz CT molecular complexity index is 747. The molecule has 1 saturated heterocycles. The highest BCUT2D eigenvalue weighted by Crippen LogP contribution is 2.24. The van der Waals surface area contributed by atoms with Gasteiger partial charge in [-0.05, 0) is 24.3 Å². The van der Waals surface area contributed by atoms with Crippen LogP contribution in [0.5, 0.6) is 0 Å². The van der Waals surface area contributed by atoms with E-state index >= 15 is 0 Å². The summed E-state index contributed by atoms with van der Waals surface area (Å²) in [7, 11) is 0. The summed E-state index contributed by atoms with van der Waals surface area (Å²) in [4.78, 5) is 24.2. The van der Waals surface area contributed by atoms with Crippen molar-refractivity contribution in [1.82, 2.24) is 0 Å². The Kier molecular flexibility index (Phi) is 5.62. The predicted octanol–water partition coefficient (Wildman–Crippen LogP) is 1.15. The number of carbonyl (C=O) groups excluding carboxylic acids is 2. The van der Waals surface area contributed by atoms with Crippen LogP contribution in [0.3, 0.4) is 0 Å². The van der Waals surface area contributed by atoms with E-state index in [9.17, 15) is 19.8 Å². The zero-order chi connectivity index (χ0) is 18.5. The molecular formula is C19H18O7. The van der Waals surface area contributed by atoms with Crippen molar-refractivity contribution in [2.24, 2.45) is 0 Å². The lowest BCUT2D eigenvalue weighted by Crippen LogP contribution is -2.39. The van der Waals surface area contributed by atoms with Crippen molar-refractivity contribution in [2.45, 2.75) is 24.6 Å². The summed E-state index contributed by atoms with van der Waals surface area (Å²) in [6, 6.07) is 16.6. The maximum absolute atomic E-state index is 12.2. The molecule has 1 fully saturated rings. The third-order valence-corrected chi connectivity index (χ3v) is 3.95. The lowest BCUT2D eigenvalue weighted by molar-refractivity contribution is -0.133. The first-order valence-corrected chi connectivity index (χ1v) is 8.06. The van der Waals surface area contributed by atoms with E-state index in [1.54, 1.807) is 60.7 Å². The summed E-state index contributed by atoms with van der Waals surface area (Å²) in [5, 5.41) is 19.7. The minimum atomic E-state index is -1.54. The first kappa shape index (κ1) is 18.1. The van der Waals surface area contributed by atoms with Crippen molar-refractivity contribution >= 4 is 11.9 Å². The van der Waals surface area contributed by atoms with Crippen LogP contribution in [-0.2, 0) is 14.2 Å². The van der Waals surface area contributed by atoms with Gasteiger partial charge in [-0.2, -0.15) is 0 Å². The van der Waals surface area contributed by atoms with E-state index in [-0.39, 0.29) is 6.61 Å². The summed E-state index contributed by atoms with van der Waals surface area (Å²) in [5.41, 5.74) is 0.644. The second-order valence-corrected chi connectivity index (χ2v) is 5.76. The summed E-state index contributed by atoms with van der Waals surface area (Å²) in [6.45, 7) is -0.283. The maximum Gasteiger partial charge on any atom is 0.338 e. The number of rotatable bonds is 5. The smallest absolute Gasteiger partial charge is 0.338 e. The molecule has 0 aliphatic carbocycles. The molecular weight excluding hydrogens is 340 g/mol. The SMILES string of the molecule is O=C(OC[C@@H]1OC(O)[C@@H](O)[C@H]1OC(=O)c1ccccc1)c1ccccc1. The van der Waals surface area contributed by atoms with Crippen LogP contribution in [0.2, 0.25) is 0 Å². The average Bonchev–Trinajstić information content (AvgIpc) is 2.95. The Hall–Kier alpha value is -2.74. The molecule has 0 saturated carbocycles. The van der Waals surface area contributed by atoms with Gasteiger partial charge < -0.3 is 24.4 Å². The van der Waals surface area contributed by atoms with Gasteiger partial charge in [0.15, 0.2) is 12.4 Å². The Morgan fingerprint density at radius 1 is 0.885 bits per heavy atom. The van der Waals surface area contributed by atoms with Gasteiger partial charge in [-0.15, -0.1) is 0 Å². The fourth-order valence-corrected chi connectivity index (χ4v) is 2.58. The van der Waals surface area contributed by atoms with Crippen molar-refractivity contribution < 1.29 is 34.0 Å². The Morgan fingerprint density at radius 3 is 2.00 bits per heavy atom. The van der Waals surface area contributed by atoms with E-state index in [1.165, 1.54) is 0 Å². The number of hydrogen-bond acceptors (Lipinski definition) is 7. The fraction of sp³-hybridized carbons (Fsp3) is 0.263. The highest BCUT2D eigenvalue weighted by Gasteiger charge is 2.46. The first-order valence-electron chi connectivity index (χ1n) is 8.06. The molecule has 3 rings (SSSR count). The molecule has 26 heavy (non-hydrogen) atoms. The number of aliphatic hydroxyl groups excluding tert-OH is 2. The summed E-state index contributed by atoms with van der Waals surface area (Å²) >= 11 is 0. The monoisotopic (exact) mass is 358 g/mol. The molecule has 2 N–H and O–H groups in total. The molecule has 1 unspecified atom stereocenters. The summed E-state index contributed by atoms with van der Waals surface area (Å²) in [6.07, 6.45) is -5.13. The fourth-order valence-electron chi connectivity index (χ4n) is 2.58. The van der Waals surface area contributed by atoms with Gasteiger partial charge in [-0.1, -0.05) is 36.4 Å². The third-order valence-electron chi connectivity index (χ3n) is 3.95. The predicted molar refractivity (Wildman–Crippen MR) is 89.3 cm³/mol. The van der Waals surface area contributed by atoms with Crippen molar-refractivity contribution in [3.8, 4) is 0 Å². The summed E-state index contributed by atoms with van der Waals surface area (Å²) < 4.78 is 15.6. The molecule has 2 aromatic rings. The van der Waals surface area contributed by atoms with Gasteiger partial charge in [0, 0.05) is 0 Å². The minimum Gasteiger partial charge on any atom is -0.459 e. The molecule has 1 aliphatic rings. The van der Waals surface area contributed by atoms with Gasteiger partial charge in [-0.25, -0.2) is 9.59 Å². The van der Waals surface area contributed by atoms with Gasteiger partial charge in [0.1, 0.15) is 18.8 Å². The van der Waals surface area contributed by atoms with E-state index in [1.807, 2.05) is 0 Å². The Labute approximate surface area is 149 Å². The molecule has 2 aromatic carbocycles. The van der Waals surface area contributed by atoms with Crippen LogP contribution in [0.25, 0.3) is 0 Å². The molecule has 136 valence electrons. The molecule has 1 aliphatic heterocycles. The number of carbonyl (C=O) groups is 2. The second kappa shape index (κ2) is 8.09. The number of benzene rings is 2. The lowest BCUT2D eigenvalue weighted by atomic mass is 10.1. The molecule has 7 nitrogen and oxygen atoms in total. The van der Waals surface area contributed by atoms with Crippen LogP contribution in [0, 0.1) is 0 Å². The molecule has 0 amide bonds. The van der Waals surface area contributed by atoms with Crippen molar-refractivity contribution in [3.63, 3.8) is 0 Å². The zero-order valence-corrected chi connectivity index (χ0v) is 13.7. The van der Waals surface area contributed by atoms with Gasteiger partial charge in [0.05, 0.1) is 11.1 Å². The summed E-state index contributed by atoms with van der Waals surface area (Å²) in [5.74, 6) is -1.26. The molecule has 1 heterocycles. The first-order chi connectivity index (χ1) is 12.6. The van der Waals surface area contributed by atoms with Gasteiger partial charge in [0.25, 0.3) is 0 Å². The molecule has 0 radical (unpaired) electrons. The zero-order valence-electron chi connectivity index (χ0n) is 13.7. The van der Waals surface area contributed by atoms with Crippen LogP contribution in [0.4, 0.5) is 0 Å². The van der Waals surface area contributed by atoms with Crippen LogP contribution in [-0.4, -0.2) is 53.4 Å². The molecule has 7 heteroatoms. The Balaban J connectivity index is 1.63. The second-order valence-electron chi connectivity index (χ2n) is 5.76. The topological polar surface area (TPSA) is 102 Å². The van der Waals surface area contributed by atoms with Gasteiger partial charge >= 0.3 is 11.9 Å². The molecule has 0 spiro atoms. The molecule has 0 bridgehead atoms. The van der Waals surface area contributed by atoms with Gasteiger partial charge in [0.2, 0.25) is 0 Å². The van der Waals surface area contributed by atoms with Crippen molar-refractivity contribution in [2.75, 3.05) is 6.61 Å². The van der Waals surface area contributed by atoms with E-state index in [4.69, 9.17) is 14.2 Å². The minimum absolute atomic E-state index is 0.283. The van der Waals surface area contributed by atoms with Crippen LogP contribution in [0.15, 0.2) is 60.7 Å². The molecule has 4 atom stereocenters. The van der Waals surface area contributed by atoms with E-state index in [0.29, 0.717) is 11.1 Å². The van der Waals surface area contributed by atoms with E-state index in [2.05, 4.69) is 0 Å². The van der Waals surface area contributed by atoms with Crippen molar-refractivity contribution in [1.29, 1.82) is 0 Å². The standard InChI is InChI=1S/C19H18O7/c20-15-16(26-18(22)13-9-5-2-6-10-13)14(25-19(15)23)11-24-17(21)12-7-3-1-4-8-12/h1-10,14-16,19-20,23H,11H2/t14-,15-,16-,19?/m0/s1. The highest BCUT2D eigenvalue weighted by molar-refractivity contribution is 5.90. The van der Waals surface area contributed by atoms with Crippen LogP contribution >= 0.6 is 0 Å². The number of ether oxygens (including phenoxy) is 3. The molecule has 0 aromatic heterocycles. The van der Waals surface area contributed by atoms with Gasteiger partial charge in [-0.3, -0.25) is 0 Å². The lowest BCUT2D eigenvalue weighted by Gasteiger charge is -2.20. The number of aliphatic hydroxyl groups is 2. The number of esters is 2. The third kappa shape index (κ3) is 4.08. The Morgan fingerprint density at radius 2 is 1.42 bits per heavy atom. The average molecular weight is 358 g/mol. The van der Waals surface area contributed by atoms with Crippen molar-refractivity contribution in [3.05, 3.63) is 71.8 Å². The van der Waals surface area contributed by atoms with Crippen LogP contribution in [0.1, 0.15) is 20.7 Å². The van der Waals surface area contributed by atoms with E-state index in [0.717, 1.165) is 0 Å². The van der Waals surface area contributed by atoms with E-state index < -0.39 is 36.5 Å². The maximum atomic E-state index is 12.2. The van der Waals surface area contributed by atoms with Crippen LogP contribution < -0.4 is 0 Å². The normalized spacial score (nSPS) is 24.8. The largest absolute Gasteiger partial charge is 0.459 e.